The Kier molecular flexibility index (Phi) is 3.36. The van der Waals surface area contributed by atoms with Gasteiger partial charge >= 0.3 is 0 Å². The minimum absolute atomic E-state index is 0.177. The zero-order valence-electron chi connectivity index (χ0n) is 11.4. The van der Waals surface area contributed by atoms with Crippen LogP contribution in [0.4, 0.5) is 11.8 Å². The van der Waals surface area contributed by atoms with Crippen molar-refractivity contribution < 1.29 is 4.79 Å². The van der Waals surface area contributed by atoms with Crippen LogP contribution in [-0.2, 0) is 4.79 Å². The Morgan fingerprint density at radius 3 is 2.89 bits per heavy atom. The number of anilines is 2. The van der Waals surface area contributed by atoms with E-state index in [1.165, 1.54) is 19.3 Å². The van der Waals surface area contributed by atoms with E-state index in [0.29, 0.717) is 12.5 Å². The summed E-state index contributed by atoms with van der Waals surface area (Å²) in [5.74, 6) is 1.70. The number of nitrogens with zero attached hydrogens (tertiary/aromatic N) is 4. The maximum atomic E-state index is 11.8. The summed E-state index contributed by atoms with van der Waals surface area (Å²) < 4.78 is 0. The average Bonchev–Trinajstić information content (AvgIpc) is 2.86. The van der Waals surface area contributed by atoms with Crippen LogP contribution in [0.3, 0.4) is 0 Å². The first-order valence-corrected chi connectivity index (χ1v) is 7.16. The number of carbonyl (C=O) groups excluding carboxylic acids is 1. The van der Waals surface area contributed by atoms with Crippen molar-refractivity contribution in [2.75, 3.05) is 22.9 Å². The molecular weight excluding hydrogens is 240 g/mol. The van der Waals surface area contributed by atoms with Gasteiger partial charge in [-0.2, -0.15) is 4.98 Å². The number of carbonyl (C=O) groups is 1. The Bertz CT molecular complexity index is 476. The number of rotatable bonds is 2. The normalized spacial score (nSPS) is 24.1. The third-order valence-corrected chi connectivity index (χ3v) is 4.04. The van der Waals surface area contributed by atoms with Crippen molar-refractivity contribution in [3.63, 3.8) is 0 Å². The highest BCUT2D eigenvalue weighted by molar-refractivity contribution is 5.94. The van der Waals surface area contributed by atoms with Crippen LogP contribution in [0.1, 0.15) is 39.0 Å². The summed E-state index contributed by atoms with van der Waals surface area (Å²) in [5, 5.41) is 0. The van der Waals surface area contributed by atoms with E-state index in [2.05, 4.69) is 21.8 Å². The summed E-state index contributed by atoms with van der Waals surface area (Å²) >= 11 is 0. The summed E-state index contributed by atoms with van der Waals surface area (Å²) in [6, 6.07) is 2.32. The van der Waals surface area contributed by atoms with E-state index in [9.17, 15) is 4.79 Å². The third kappa shape index (κ3) is 2.41. The summed E-state index contributed by atoms with van der Waals surface area (Å²) in [6.07, 6.45) is 7.00. The lowest BCUT2D eigenvalue weighted by Gasteiger charge is -2.33. The van der Waals surface area contributed by atoms with Crippen LogP contribution in [-0.4, -0.2) is 35.0 Å². The molecule has 2 aliphatic heterocycles. The molecule has 0 bridgehead atoms. The first-order valence-electron chi connectivity index (χ1n) is 7.16. The lowest BCUT2D eigenvalue weighted by molar-refractivity contribution is -0.117. The molecule has 0 aliphatic carbocycles. The molecule has 2 saturated heterocycles. The fourth-order valence-corrected chi connectivity index (χ4v) is 2.91. The van der Waals surface area contributed by atoms with E-state index < -0.39 is 0 Å². The molecule has 0 radical (unpaired) electrons. The Hall–Kier alpha value is -1.65. The number of hydrogen-bond donors (Lipinski definition) is 0. The highest BCUT2D eigenvalue weighted by atomic mass is 16.2. The second-order valence-electron chi connectivity index (χ2n) is 5.40. The smallest absolute Gasteiger partial charge is 0.228 e. The predicted octanol–water partition coefficient (Wildman–Crippen LogP) is 1.98. The molecule has 2 aliphatic rings. The molecule has 19 heavy (non-hydrogen) atoms. The standard InChI is InChI=1S/C14H20N4O/c1-11-5-2-3-9-17(11)14-15-8-7-12(16-14)18-10-4-6-13(18)19/h7-8,11H,2-6,9-10H2,1H3. The quantitative estimate of drug-likeness (QED) is 0.816. The Balaban J connectivity index is 1.85. The summed E-state index contributed by atoms with van der Waals surface area (Å²) in [5.41, 5.74) is 0. The van der Waals surface area contributed by atoms with Gasteiger partial charge in [0.05, 0.1) is 0 Å². The van der Waals surface area contributed by atoms with Crippen molar-refractivity contribution in [2.45, 2.75) is 45.1 Å². The average molecular weight is 260 g/mol. The molecule has 2 fully saturated rings. The Morgan fingerprint density at radius 2 is 2.16 bits per heavy atom. The molecule has 0 saturated carbocycles. The molecule has 5 nitrogen and oxygen atoms in total. The van der Waals surface area contributed by atoms with E-state index >= 15 is 0 Å². The van der Waals surface area contributed by atoms with Crippen molar-refractivity contribution in [1.29, 1.82) is 0 Å². The monoisotopic (exact) mass is 260 g/mol. The van der Waals surface area contributed by atoms with Gasteiger partial charge in [0.15, 0.2) is 0 Å². The molecule has 3 rings (SSSR count). The minimum atomic E-state index is 0.177. The van der Waals surface area contributed by atoms with Gasteiger partial charge in [0.25, 0.3) is 0 Å². The lowest BCUT2D eigenvalue weighted by atomic mass is 10.0. The topological polar surface area (TPSA) is 49.3 Å². The second-order valence-corrected chi connectivity index (χ2v) is 5.40. The van der Waals surface area contributed by atoms with Crippen molar-refractivity contribution in [3.05, 3.63) is 12.3 Å². The highest BCUT2D eigenvalue weighted by Gasteiger charge is 2.25. The summed E-state index contributed by atoms with van der Waals surface area (Å²) in [7, 11) is 0. The minimum Gasteiger partial charge on any atom is -0.338 e. The zero-order chi connectivity index (χ0) is 13.2. The van der Waals surface area contributed by atoms with Gasteiger partial charge in [-0.15, -0.1) is 0 Å². The van der Waals surface area contributed by atoms with Crippen LogP contribution in [0.15, 0.2) is 12.3 Å². The molecule has 0 N–H and O–H groups in total. The predicted molar refractivity (Wildman–Crippen MR) is 74.3 cm³/mol. The van der Waals surface area contributed by atoms with Crippen molar-refractivity contribution >= 4 is 17.7 Å². The van der Waals surface area contributed by atoms with Crippen molar-refractivity contribution in [1.82, 2.24) is 9.97 Å². The van der Waals surface area contributed by atoms with Crippen LogP contribution in [0.5, 0.6) is 0 Å². The van der Waals surface area contributed by atoms with Gasteiger partial charge in [-0.25, -0.2) is 4.98 Å². The van der Waals surface area contributed by atoms with Crippen LogP contribution in [0.2, 0.25) is 0 Å². The van der Waals surface area contributed by atoms with E-state index in [4.69, 9.17) is 0 Å². The molecule has 5 heteroatoms. The van der Waals surface area contributed by atoms with E-state index in [-0.39, 0.29) is 5.91 Å². The lowest BCUT2D eigenvalue weighted by Crippen LogP contribution is -2.39. The van der Waals surface area contributed by atoms with Crippen LogP contribution < -0.4 is 9.80 Å². The van der Waals surface area contributed by atoms with E-state index in [1.54, 1.807) is 11.1 Å². The summed E-state index contributed by atoms with van der Waals surface area (Å²) in [6.45, 7) is 4.01. The number of hydrogen-bond acceptors (Lipinski definition) is 4. The molecule has 1 aromatic rings. The maximum absolute atomic E-state index is 11.8. The summed E-state index contributed by atoms with van der Waals surface area (Å²) in [4.78, 5) is 24.8. The van der Waals surface area contributed by atoms with Gasteiger partial charge in [-0.3, -0.25) is 9.69 Å². The number of aromatic nitrogens is 2. The number of amides is 1. The second kappa shape index (κ2) is 5.15. The molecular formula is C14H20N4O. The Morgan fingerprint density at radius 1 is 1.26 bits per heavy atom. The van der Waals surface area contributed by atoms with Crippen LogP contribution in [0, 0.1) is 0 Å². The van der Waals surface area contributed by atoms with Gasteiger partial charge < -0.3 is 4.90 Å². The van der Waals surface area contributed by atoms with E-state index in [1.807, 2.05) is 6.07 Å². The van der Waals surface area contributed by atoms with Crippen molar-refractivity contribution in [2.24, 2.45) is 0 Å². The molecule has 1 aromatic heterocycles. The maximum Gasteiger partial charge on any atom is 0.228 e. The Labute approximate surface area is 113 Å². The number of piperidine rings is 1. The molecule has 0 spiro atoms. The van der Waals surface area contributed by atoms with Gasteiger partial charge in [0.2, 0.25) is 11.9 Å². The first-order chi connectivity index (χ1) is 9.25. The fourth-order valence-electron chi connectivity index (χ4n) is 2.91. The van der Waals surface area contributed by atoms with Crippen LogP contribution in [0.25, 0.3) is 0 Å². The first kappa shape index (κ1) is 12.4. The molecule has 3 heterocycles. The van der Waals surface area contributed by atoms with Crippen molar-refractivity contribution in [3.8, 4) is 0 Å². The fraction of sp³-hybridized carbons (Fsp3) is 0.643. The van der Waals surface area contributed by atoms with Gasteiger partial charge in [0.1, 0.15) is 5.82 Å². The molecule has 102 valence electrons. The largest absolute Gasteiger partial charge is 0.338 e. The highest BCUT2D eigenvalue weighted by Crippen LogP contribution is 2.24. The van der Waals surface area contributed by atoms with Crippen LogP contribution >= 0.6 is 0 Å². The third-order valence-electron chi connectivity index (χ3n) is 4.04. The van der Waals surface area contributed by atoms with Gasteiger partial charge in [-0.1, -0.05) is 0 Å². The van der Waals surface area contributed by atoms with Gasteiger partial charge in [-0.05, 0) is 38.7 Å². The molecule has 0 aromatic carbocycles. The SMILES string of the molecule is CC1CCCCN1c1nccc(N2CCCC2=O)n1. The van der Waals surface area contributed by atoms with Gasteiger partial charge in [0, 0.05) is 31.7 Å². The zero-order valence-corrected chi connectivity index (χ0v) is 11.4. The molecule has 1 atom stereocenters. The van der Waals surface area contributed by atoms with E-state index in [0.717, 1.165) is 31.3 Å². The molecule has 1 amide bonds. The molecule has 1 unspecified atom stereocenters.